The Bertz CT molecular complexity index is 1320. The Labute approximate surface area is 415 Å². The Balaban J connectivity index is 0. The second kappa shape index (κ2) is 33.9. The molecular formula is C42H69ClI5N4O2V2. The number of Topliss-reactive ketones (excluding diaryl/α,β-unsaturated/α-hetero) is 2. The van der Waals surface area contributed by atoms with E-state index in [1.807, 2.05) is 14.1 Å². The van der Waals surface area contributed by atoms with Gasteiger partial charge in [-0.1, -0.05) is 114 Å². The summed E-state index contributed by atoms with van der Waals surface area (Å²) in [6, 6.07) is 22.0. The molecule has 14 heteroatoms. The minimum absolute atomic E-state index is 0. The van der Waals surface area contributed by atoms with Crippen molar-refractivity contribution < 1.29 is 41.0 Å². The molecule has 1 unspecified atom stereocenters. The summed E-state index contributed by atoms with van der Waals surface area (Å²) in [6.07, 6.45) is 15.1. The third-order valence-corrected chi connectivity index (χ3v) is 10.6. The molecule has 2 saturated heterocycles. The van der Waals surface area contributed by atoms with Crippen LogP contribution in [0.15, 0.2) is 60.7 Å². The van der Waals surface area contributed by atoms with Crippen LogP contribution in [0.1, 0.15) is 109 Å². The molecule has 0 amide bonds. The fourth-order valence-electron chi connectivity index (χ4n) is 8.43. The van der Waals surface area contributed by atoms with Crippen LogP contribution in [-0.4, -0.2) is 98.5 Å². The van der Waals surface area contributed by atoms with E-state index in [9.17, 15) is 9.59 Å². The van der Waals surface area contributed by atoms with Crippen LogP contribution in [-0.2, 0) is 35.1 Å². The van der Waals surface area contributed by atoms with Crippen LogP contribution in [0.3, 0.4) is 0 Å². The third-order valence-electron chi connectivity index (χ3n) is 10.6. The Morgan fingerprint density at radius 1 is 0.732 bits per heavy atom. The van der Waals surface area contributed by atoms with Gasteiger partial charge in [-0.05, 0) is 50.9 Å². The normalized spacial score (nSPS) is 20.2. The van der Waals surface area contributed by atoms with Crippen molar-refractivity contribution in [3.8, 4) is 0 Å². The molecule has 0 radical (unpaired) electrons. The molecule has 321 valence electrons. The molecule has 56 heavy (non-hydrogen) atoms. The number of ketones is 2. The molecular weight excluding hydrogens is 1360 g/mol. The van der Waals surface area contributed by atoms with Crippen molar-refractivity contribution in [2.75, 3.05) is 60.9 Å². The quantitative estimate of drug-likeness (QED) is 0.164. The number of rotatable bonds is 6. The predicted octanol–water partition coefficient (Wildman–Crippen LogP) is 9.47. The zero-order valence-corrected chi connectivity index (χ0v) is 46.9. The second-order valence-electron chi connectivity index (χ2n) is 14.9. The number of benzene rings is 2. The van der Waals surface area contributed by atoms with Crippen LogP contribution in [0.2, 0.25) is 0 Å². The maximum atomic E-state index is 12.3. The van der Waals surface area contributed by atoms with Gasteiger partial charge in [0.1, 0.15) is 32.4 Å². The summed E-state index contributed by atoms with van der Waals surface area (Å²) in [6.45, 7) is 8.10. The van der Waals surface area contributed by atoms with Crippen molar-refractivity contribution in [2.24, 2.45) is 5.92 Å². The summed E-state index contributed by atoms with van der Waals surface area (Å²) >= 11 is 12.1. The van der Waals surface area contributed by atoms with Crippen LogP contribution < -0.4 is 12.4 Å². The van der Waals surface area contributed by atoms with E-state index in [1.54, 1.807) is 4.58 Å². The molecule has 2 aliphatic carbocycles. The van der Waals surface area contributed by atoms with Gasteiger partial charge in [-0.2, -0.15) is 0 Å². The first kappa shape index (κ1) is 60.5. The zero-order valence-electron chi connectivity index (χ0n) is 32.6. The van der Waals surface area contributed by atoms with Gasteiger partial charge in [-0.3, -0.25) is 19.4 Å². The number of piperidine rings is 2. The summed E-state index contributed by atoms with van der Waals surface area (Å²) in [5, 5.41) is 0. The molecule has 2 aliphatic heterocycles. The summed E-state index contributed by atoms with van der Waals surface area (Å²) in [7, 11) is 8.54. The van der Waals surface area contributed by atoms with E-state index in [0.717, 1.165) is 45.6 Å². The first-order chi connectivity index (χ1) is 25.3. The molecule has 4 aliphatic rings. The molecule has 0 bridgehead atoms. The van der Waals surface area contributed by atoms with Crippen molar-refractivity contribution in [3.63, 3.8) is 0 Å². The van der Waals surface area contributed by atoms with E-state index in [2.05, 4.69) is 196 Å². The first-order valence-electron chi connectivity index (χ1n) is 18.8. The fourth-order valence-corrected chi connectivity index (χ4v) is 8.43. The molecule has 6 rings (SSSR count). The SMILES string of the molecule is C.C.C=[N+](C)C.CN(C)CC1CN(C2(c3ccccc3)CCCCC2)CCC1=O.O=C1CCN(C2(c3ccccc3)CCCCC2)CC1.[Cl-].[I][V]([I])[I].[I][V][I]. The molecule has 2 heterocycles. The van der Waals surface area contributed by atoms with Crippen molar-refractivity contribution >= 4 is 118 Å². The Hall–Kier alpha value is 2.44. The Morgan fingerprint density at radius 3 is 1.43 bits per heavy atom. The molecule has 0 spiro atoms. The first-order valence-corrected chi connectivity index (χ1v) is 41.3. The van der Waals surface area contributed by atoms with Gasteiger partial charge in [0.2, 0.25) is 0 Å². The zero-order chi connectivity index (χ0) is 39.3. The van der Waals surface area contributed by atoms with Gasteiger partial charge in [0.15, 0.2) is 0 Å². The fraction of sp³-hybridized carbons (Fsp3) is 0.643. The van der Waals surface area contributed by atoms with Gasteiger partial charge in [-0.15, -0.1) is 0 Å². The maximum absolute atomic E-state index is 12.3. The summed E-state index contributed by atoms with van der Waals surface area (Å²) < 4.78 is 1.75. The number of hydrogen-bond donors (Lipinski definition) is 0. The predicted molar refractivity (Wildman–Crippen MR) is 274 cm³/mol. The molecule has 2 aromatic carbocycles. The van der Waals surface area contributed by atoms with Crippen LogP contribution in [0.25, 0.3) is 0 Å². The van der Waals surface area contributed by atoms with Crippen LogP contribution in [0, 0.1) is 5.92 Å². The van der Waals surface area contributed by atoms with E-state index in [4.69, 9.17) is 0 Å². The van der Waals surface area contributed by atoms with Gasteiger partial charge in [0.25, 0.3) is 0 Å². The number of carbonyl (C=O) groups is 2. The van der Waals surface area contributed by atoms with Gasteiger partial charge in [0, 0.05) is 69.0 Å². The van der Waals surface area contributed by atoms with E-state index in [1.165, 1.54) is 75.3 Å². The average Bonchev–Trinajstić information content (AvgIpc) is 3.14. The number of halogens is 6. The van der Waals surface area contributed by atoms with Crippen molar-refractivity contribution in [1.29, 1.82) is 0 Å². The van der Waals surface area contributed by atoms with Crippen LogP contribution in [0.5, 0.6) is 0 Å². The molecule has 1 atom stereocenters. The van der Waals surface area contributed by atoms with Crippen molar-refractivity contribution in [3.05, 3.63) is 71.8 Å². The van der Waals surface area contributed by atoms with Gasteiger partial charge in [-0.25, -0.2) is 4.58 Å². The van der Waals surface area contributed by atoms with E-state index >= 15 is 0 Å². The Kier molecular flexibility index (Phi) is 36.7. The van der Waals surface area contributed by atoms with Gasteiger partial charge < -0.3 is 17.3 Å². The van der Waals surface area contributed by atoms with Crippen molar-refractivity contribution in [2.45, 2.75) is 109 Å². The minimum atomic E-state index is -0.278. The summed E-state index contributed by atoms with van der Waals surface area (Å²) in [5.41, 5.74) is 3.28. The number of carbonyl (C=O) groups excluding carboxylic acids is 2. The standard InChI is InChI=1S/C20H30N2O.C17H23NO.C3H8N.2CH4.ClH.5HI.2V/c1-21(2)15-17-16-22(14-11-19(17)23)20(12-7-4-8-13-20)18-9-5-3-6-10-18;19-16-9-13-18(14-10-16)17(11-5-2-6-12-17)15-7-3-1-4-8-15;1-4(2)3;;;;;;;;;;/h3,5-6,9-10,17H,4,7-8,11-16H2,1-2H3;1,3-4,7-8H,2,5-6,9-14H2;1H2,2-3H3;2*1H4;6*1H;;/q;;+1;;;;;;;;;+2;+3/p-6. The average molecular weight is 1430 g/mol. The number of likely N-dealkylation sites (tertiary alicyclic amines) is 2. The third kappa shape index (κ3) is 21.7. The van der Waals surface area contributed by atoms with Crippen molar-refractivity contribution in [1.82, 2.24) is 14.7 Å². The molecule has 2 saturated carbocycles. The molecule has 0 N–H and O–H groups in total. The van der Waals surface area contributed by atoms with Gasteiger partial charge >= 0.3 is 114 Å². The molecule has 2 aromatic rings. The van der Waals surface area contributed by atoms with Crippen LogP contribution in [0.4, 0.5) is 0 Å². The monoisotopic (exact) mass is 1430 g/mol. The van der Waals surface area contributed by atoms with Crippen LogP contribution >= 0.6 is 99.9 Å². The molecule has 6 nitrogen and oxygen atoms in total. The topological polar surface area (TPSA) is 46.9 Å². The molecule has 4 fully saturated rings. The summed E-state index contributed by atoms with van der Waals surface area (Å²) in [4.78, 5) is 31.0. The summed E-state index contributed by atoms with van der Waals surface area (Å²) in [5.74, 6) is 1.06. The van der Waals surface area contributed by atoms with Gasteiger partial charge in [0.05, 0.1) is 0 Å². The van der Waals surface area contributed by atoms with E-state index < -0.39 is 0 Å². The van der Waals surface area contributed by atoms with E-state index in [-0.39, 0.29) is 49.2 Å². The Morgan fingerprint density at radius 2 is 1.07 bits per heavy atom. The number of hydrogen-bond acceptors (Lipinski definition) is 5. The number of nitrogens with zero attached hydrogens (tertiary/aromatic N) is 4. The van der Waals surface area contributed by atoms with E-state index in [0.29, 0.717) is 27.5 Å². The molecule has 0 aromatic heterocycles. The second-order valence-corrected chi connectivity index (χ2v) is 62.1.